The molecule has 1 aromatic carbocycles. The SMILES string of the molecule is Cc1ccn(CC(O)c2cccc(C(F)(F)F)c2)c(=O)c1. The van der Waals surface area contributed by atoms with Crippen LogP contribution in [0.3, 0.4) is 0 Å². The Labute approximate surface area is 119 Å². The number of aliphatic hydroxyl groups is 1. The largest absolute Gasteiger partial charge is 0.416 e. The summed E-state index contributed by atoms with van der Waals surface area (Å²) < 4.78 is 39.2. The maximum Gasteiger partial charge on any atom is 0.416 e. The third kappa shape index (κ3) is 3.72. The number of hydrogen-bond acceptors (Lipinski definition) is 2. The fraction of sp³-hybridized carbons (Fsp3) is 0.267. The van der Waals surface area contributed by atoms with Crippen LogP contribution in [0.2, 0.25) is 0 Å². The molecular weight excluding hydrogens is 283 g/mol. The van der Waals surface area contributed by atoms with Crippen molar-refractivity contribution in [2.45, 2.75) is 25.7 Å². The van der Waals surface area contributed by atoms with E-state index in [4.69, 9.17) is 0 Å². The molecule has 2 rings (SSSR count). The smallest absolute Gasteiger partial charge is 0.387 e. The molecule has 0 radical (unpaired) electrons. The standard InChI is InChI=1S/C15H14F3NO2/c1-10-5-6-19(14(21)7-10)9-13(20)11-3-2-4-12(8-11)15(16,17)18/h2-8,13,20H,9H2,1H3. The summed E-state index contributed by atoms with van der Waals surface area (Å²) in [4.78, 5) is 11.7. The second-order valence-corrected chi connectivity index (χ2v) is 4.83. The maximum absolute atomic E-state index is 12.6. The van der Waals surface area contributed by atoms with E-state index in [1.165, 1.54) is 29.0 Å². The Morgan fingerprint density at radius 1 is 1.24 bits per heavy atom. The monoisotopic (exact) mass is 297 g/mol. The Balaban J connectivity index is 2.24. The normalized spacial score (nSPS) is 13.2. The number of aliphatic hydroxyl groups excluding tert-OH is 1. The lowest BCUT2D eigenvalue weighted by Crippen LogP contribution is -2.22. The number of hydrogen-bond donors (Lipinski definition) is 1. The highest BCUT2D eigenvalue weighted by molar-refractivity contribution is 5.27. The predicted octanol–water partition coefficient (Wildman–Crippen LogP) is 2.91. The molecule has 3 nitrogen and oxygen atoms in total. The van der Waals surface area contributed by atoms with Gasteiger partial charge in [-0.1, -0.05) is 12.1 Å². The molecule has 0 fully saturated rings. The van der Waals surface area contributed by atoms with Crippen molar-refractivity contribution in [2.24, 2.45) is 0 Å². The van der Waals surface area contributed by atoms with Gasteiger partial charge >= 0.3 is 6.18 Å². The molecular formula is C15H14F3NO2. The number of alkyl halides is 3. The van der Waals surface area contributed by atoms with Crippen molar-refractivity contribution in [3.05, 3.63) is 69.6 Å². The third-order valence-electron chi connectivity index (χ3n) is 3.12. The van der Waals surface area contributed by atoms with E-state index >= 15 is 0 Å². The molecule has 1 N–H and O–H groups in total. The van der Waals surface area contributed by atoms with Gasteiger partial charge in [0.05, 0.1) is 18.2 Å². The molecule has 21 heavy (non-hydrogen) atoms. The Hall–Kier alpha value is -2.08. The quantitative estimate of drug-likeness (QED) is 0.946. The summed E-state index contributed by atoms with van der Waals surface area (Å²) in [5, 5.41) is 10.0. The van der Waals surface area contributed by atoms with Gasteiger partial charge in [0.15, 0.2) is 0 Å². The van der Waals surface area contributed by atoms with Crippen molar-refractivity contribution < 1.29 is 18.3 Å². The third-order valence-corrected chi connectivity index (χ3v) is 3.12. The summed E-state index contributed by atoms with van der Waals surface area (Å²) in [6.07, 6.45) is -4.14. The van der Waals surface area contributed by atoms with Crippen molar-refractivity contribution in [1.82, 2.24) is 4.57 Å². The van der Waals surface area contributed by atoms with Crippen molar-refractivity contribution in [3.8, 4) is 0 Å². The van der Waals surface area contributed by atoms with Crippen LogP contribution in [0, 0.1) is 6.92 Å². The van der Waals surface area contributed by atoms with Crippen LogP contribution >= 0.6 is 0 Å². The van der Waals surface area contributed by atoms with Crippen LogP contribution in [0.4, 0.5) is 13.2 Å². The van der Waals surface area contributed by atoms with Crippen molar-refractivity contribution in [3.63, 3.8) is 0 Å². The highest BCUT2D eigenvalue weighted by Gasteiger charge is 2.30. The highest BCUT2D eigenvalue weighted by atomic mass is 19.4. The number of aromatic nitrogens is 1. The molecule has 0 saturated carbocycles. The molecule has 112 valence electrons. The molecule has 0 amide bonds. The summed E-state index contributed by atoms with van der Waals surface area (Å²) >= 11 is 0. The lowest BCUT2D eigenvalue weighted by atomic mass is 10.1. The average molecular weight is 297 g/mol. The number of benzene rings is 1. The van der Waals surface area contributed by atoms with Gasteiger partial charge in [0.1, 0.15) is 0 Å². The van der Waals surface area contributed by atoms with Gasteiger partial charge in [0.2, 0.25) is 0 Å². The number of nitrogens with zero attached hydrogens (tertiary/aromatic N) is 1. The molecule has 1 aromatic heterocycles. The van der Waals surface area contributed by atoms with Crippen LogP contribution in [0.25, 0.3) is 0 Å². The first-order chi connectivity index (χ1) is 9.77. The summed E-state index contributed by atoms with van der Waals surface area (Å²) in [7, 11) is 0. The molecule has 0 aliphatic carbocycles. The molecule has 0 aliphatic heterocycles. The van der Waals surface area contributed by atoms with Crippen LogP contribution in [0.5, 0.6) is 0 Å². The Morgan fingerprint density at radius 2 is 1.95 bits per heavy atom. The number of aryl methyl sites for hydroxylation is 1. The minimum absolute atomic E-state index is 0.0968. The fourth-order valence-corrected chi connectivity index (χ4v) is 1.97. The van der Waals surface area contributed by atoms with E-state index in [1.807, 2.05) is 0 Å². The zero-order chi connectivity index (χ0) is 15.6. The number of rotatable bonds is 3. The van der Waals surface area contributed by atoms with Crippen LogP contribution in [-0.4, -0.2) is 9.67 Å². The summed E-state index contributed by atoms with van der Waals surface area (Å²) in [5.41, 5.74) is -0.224. The second kappa shape index (κ2) is 5.73. The van der Waals surface area contributed by atoms with Gasteiger partial charge in [-0.15, -0.1) is 0 Å². The molecule has 0 spiro atoms. The first-order valence-electron chi connectivity index (χ1n) is 6.29. The Morgan fingerprint density at radius 3 is 2.57 bits per heavy atom. The lowest BCUT2D eigenvalue weighted by molar-refractivity contribution is -0.137. The van der Waals surface area contributed by atoms with E-state index in [9.17, 15) is 23.1 Å². The minimum Gasteiger partial charge on any atom is -0.387 e. The summed E-state index contributed by atoms with van der Waals surface area (Å²) in [6.45, 7) is 1.66. The maximum atomic E-state index is 12.6. The highest BCUT2D eigenvalue weighted by Crippen LogP contribution is 2.30. The molecule has 6 heteroatoms. The van der Waals surface area contributed by atoms with Gasteiger partial charge in [-0.25, -0.2) is 0 Å². The van der Waals surface area contributed by atoms with E-state index in [1.54, 1.807) is 13.0 Å². The Bertz CT molecular complexity index is 692. The van der Waals surface area contributed by atoms with Gasteiger partial charge < -0.3 is 9.67 Å². The van der Waals surface area contributed by atoms with Gasteiger partial charge in [0, 0.05) is 12.3 Å². The van der Waals surface area contributed by atoms with E-state index in [-0.39, 0.29) is 17.7 Å². The van der Waals surface area contributed by atoms with E-state index < -0.39 is 17.8 Å². The van der Waals surface area contributed by atoms with Gasteiger partial charge in [-0.2, -0.15) is 13.2 Å². The van der Waals surface area contributed by atoms with Gasteiger partial charge in [-0.05, 0) is 36.2 Å². The van der Waals surface area contributed by atoms with Crippen molar-refractivity contribution >= 4 is 0 Å². The van der Waals surface area contributed by atoms with Crippen LogP contribution in [0.1, 0.15) is 22.8 Å². The van der Waals surface area contributed by atoms with Gasteiger partial charge in [0.25, 0.3) is 5.56 Å². The fourth-order valence-electron chi connectivity index (χ4n) is 1.97. The van der Waals surface area contributed by atoms with E-state index in [0.717, 1.165) is 17.7 Å². The van der Waals surface area contributed by atoms with Crippen LogP contribution in [-0.2, 0) is 12.7 Å². The average Bonchev–Trinajstić information content (AvgIpc) is 2.41. The van der Waals surface area contributed by atoms with Crippen LogP contribution in [0.15, 0.2) is 47.4 Å². The first-order valence-corrected chi connectivity index (χ1v) is 6.29. The summed E-state index contributed by atoms with van der Waals surface area (Å²) in [5.74, 6) is 0. The Kier molecular flexibility index (Phi) is 4.18. The van der Waals surface area contributed by atoms with Crippen molar-refractivity contribution in [2.75, 3.05) is 0 Å². The molecule has 2 aromatic rings. The predicted molar refractivity (Wildman–Crippen MR) is 71.8 cm³/mol. The topological polar surface area (TPSA) is 42.2 Å². The van der Waals surface area contributed by atoms with Crippen LogP contribution < -0.4 is 5.56 Å². The lowest BCUT2D eigenvalue weighted by Gasteiger charge is -2.15. The van der Waals surface area contributed by atoms with E-state index in [2.05, 4.69) is 0 Å². The molecule has 1 heterocycles. The molecule has 1 unspecified atom stereocenters. The van der Waals surface area contributed by atoms with Crippen molar-refractivity contribution in [1.29, 1.82) is 0 Å². The molecule has 0 bridgehead atoms. The molecule has 1 atom stereocenters. The number of pyridine rings is 1. The second-order valence-electron chi connectivity index (χ2n) is 4.83. The minimum atomic E-state index is -4.46. The zero-order valence-corrected chi connectivity index (χ0v) is 11.3. The first kappa shape index (κ1) is 15.3. The van der Waals surface area contributed by atoms with E-state index in [0.29, 0.717) is 0 Å². The summed E-state index contributed by atoms with van der Waals surface area (Å²) in [6, 6.07) is 7.57. The zero-order valence-electron chi connectivity index (χ0n) is 11.3. The molecule has 0 aliphatic rings. The van der Waals surface area contributed by atoms with Gasteiger partial charge in [-0.3, -0.25) is 4.79 Å². The number of halogens is 3. The molecule has 0 saturated heterocycles.